The van der Waals surface area contributed by atoms with Crippen LogP contribution in [0, 0.1) is 0 Å². The second kappa shape index (κ2) is 3.66. The van der Waals surface area contributed by atoms with Gasteiger partial charge in [0.25, 0.3) is 0 Å². The highest BCUT2D eigenvalue weighted by atomic mass is 16.4. The summed E-state index contributed by atoms with van der Waals surface area (Å²) in [5.41, 5.74) is 7.85. The summed E-state index contributed by atoms with van der Waals surface area (Å²) in [5, 5.41) is 11.6. The molecule has 1 heterocycles. The maximum atomic E-state index is 10.9. The summed E-state index contributed by atoms with van der Waals surface area (Å²) in [7, 11) is 0. The largest absolute Gasteiger partial charge is 0.417 e. The fourth-order valence-corrected chi connectivity index (χ4v) is 1.36. The molecule has 1 aromatic carbocycles. The van der Waals surface area contributed by atoms with Gasteiger partial charge in [0.2, 0.25) is 0 Å². The predicted molar refractivity (Wildman–Crippen MR) is 56.8 cm³/mol. The number of hydrogen-bond donors (Lipinski definition) is 4. The fraction of sp³-hybridized carbons (Fsp3) is 0.222. The molecule has 2 aromatic rings. The van der Waals surface area contributed by atoms with E-state index in [1.54, 1.807) is 12.1 Å². The third-order valence-electron chi connectivity index (χ3n) is 2.02. The SMILES string of the molecule is Nc1cc2oc(=O)[nH]c2cc1NCCO. The van der Waals surface area contributed by atoms with Gasteiger partial charge in [-0.25, -0.2) is 4.79 Å². The van der Waals surface area contributed by atoms with Crippen LogP contribution in [-0.4, -0.2) is 23.2 Å². The number of nitrogens with one attached hydrogen (secondary N) is 2. The van der Waals surface area contributed by atoms with Crippen molar-refractivity contribution in [3.8, 4) is 0 Å². The molecule has 0 atom stereocenters. The Morgan fingerprint density at radius 3 is 3.07 bits per heavy atom. The lowest BCUT2D eigenvalue weighted by atomic mass is 10.2. The van der Waals surface area contributed by atoms with Gasteiger partial charge in [-0.1, -0.05) is 0 Å². The molecule has 0 spiro atoms. The second-order valence-corrected chi connectivity index (χ2v) is 3.10. The maximum absolute atomic E-state index is 10.9. The first-order chi connectivity index (χ1) is 7.20. The summed E-state index contributed by atoms with van der Waals surface area (Å²) in [6, 6.07) is 3.23. The van der Waals surface area contributed by atoms with Crippen molar-refractivity contribution in [3.63, 3.8) is 0 Å². The van der Waals surface area contributed by atoms with E-state index >= 15 is 0 Å². The van der Waals surface area contributed by atoms with E-state index in [4.69, 9.17) is 15.3 Å². The quantitative estimate of drug-likeness (QED) is 0.537. The standard InChI is InChI=1S/C9H11N3O3/c10-5-3-8-7(12-9(14)15-8)4-6(5)11-1-2-13/h3-4,11,13H,1-2,10H2,(H,12,14). The Hall–Kier alpha value is -1.95. The molecule has 5 N–H and O–H groups in total. The Balaban J connectivity index is 2.46. The number of aliphatic hydroxyl groups excluding tert-OH is 1. The van der Waals surface area contributed by atoms with Crippen LogP contribution in [0.25, 0.3) is 11.1 Å². The monoisotopic (exact) mass is 209 g/mol. The fourth-order valence-electron chi connectivity index (χ4n) is 1.36. The van der Waals surface area contributed by atoms with E-state index in [1.165, 1.54) is 0 Å². The molecule has 0 radical (unpaired) electrons. The molecule has 0 aliphatic heterocycles. The van der Waals surface area contributed by atoms with Crippen molar-refractivity contribution in [1.82, 2.24) is 4.98 Å². The lowest BCUT2D eigenvalue weighted by molar-refractivity contribution is 0.311. The van der Waals surface area contributed by atoms with Gasteiger partial charge in [-0.2, -0.15) is 0 Å². The van der Waals surface area contributed by atoms with Crippen LogP contribution in [0.2, 0.25) is 0 Å². The predicted octanol–water partition coefficient (Wildman–Crippen LogP) is 0.107. The van der Waals surface area contributed by atoms with Crippen LogP contribution >= 0.6 is 0 Å². The van der Waals surface area contributed by atoms with Crippen LogP contribution in [0.3, 0.4) is 0 Å². The van der Waals surface area contributed by atoms with Gasteiger partial charge in [0.1, 0.15) is 0 Å². The summed E-state index contributed by atoms with van der Waals surface area (Å²) in [6.45, 7) is 0.414. The Morgan fingerprint density at radius 2 is 2.33 bits per heavy atom. The molecule has 0 unspecified atom stereocenters. The van der Waals surface area contributed by atoms with E-state index in [9.17, 15) is 4.79 Å². The zero-order chi connectivity index (χ0) is 10.8. The van der Waals surface area contributed by atoms with Gasteiger partial charge in [-0.15, -0.1) is 0 Å². The van der Waals surface area contributed by atoms with E-state index in [1.807, 2.05) is 0 Å². The van der Waals surface area contributed by atoms with Crippen LogP contribution in [0.5, 0.6) is 0 Å². The summed E-state index contributed by atoms with van der Waals surface area (Å²) in [5.74, 6) is -0.510. The minimum absolute atomic E-state index is 0.0133. The summed E-state index contributed by atoms with van der Waals surface area (Å²) in [4.78, 5) is 13.4. The molecule has 0 aliphatic rings. The molecule has 0 bridgehead atoms. The number of aromatic amines is 1. The molecule has 0 aliphatic carbocycles. The molecule has 6 nitrogen and oxygen atoms in total. The lowest BCUT2D eigenvalue weighted by Gasteiger charge is -2.06. The third-order valence-corrected chi connectivity index (χ3v) is 2.02. The topological polar surface area (TPSA) is 104 Å². The first-order valence-electron chi connectivity index (χ1n) is 4.48. The number of oxazole rings is 1. The van der Waals surface area contributed by atoms with Gasteiger partial charge < -0.3 is 20.6 Å². The van der Waals surface area contributed by atoms with Gasteiger partial charge in [0.15, 0.2) is 5.58 Å². The van der Waals surface area contributed by atoms with Crippen LogP contribution in [0.4, 0.5) is 11.4 Å². The van der Waals surface area contributed by atoms with Crippen LogP contribution in [0.1, 0.15) is 0 Å². The lowest BCUT2D eigenvalue weighted by Crippen LogP contribution is -2.07. The highest BCUT2D eigenvalue weighted by Crippen LogP contribution is 2.23. The van der Waals surface area contributed by atoms with E-state index in [0.29, 0.717) is 29.0 Å². The van der Waals surface area contributed by atoms with Crippen LogP contribution < -0.4 is 16.8 Å². The van der Waals surface area contributed by atoms with Crippen LogP contribution in [-0.2, 0) is 0 Å². The molecule has 0 amide bonds. The number of nitrogens with two attached hydrogens (primary N) is 1. The van der Waals surface area contributed by atoms with Crippen molar-refractivity contribution in [2.75, 3.05) is 24.2 Å². The highest BCUT2D eigenvalue weighted by molar-refractivity contribution is 5.85. The minimum atomic E-state index is -0.510. The molecule has 0 saturated heterocycles. The van der Waals surface area contributed by atoms with E-state index in [2.05, 4.69) is 10.3 Å². The van der Waals surface area contributed by atoms with Crippen molar-refractivity contribution in [2.45, 2.75) is 0 Å². The molecule has 15 heavy (non-hydrogen) atoms. The van der Waals surface area contributed by atoms with Gasteiger partial charge in [0.05, 0.1) is 23.5 Å². The Morgan fingerprint density at radius 1 is 1.53 bits per heavy atom. The zero-order valence-corrected chi connectivity index (χ0v) is 7.91. The van der Waals surface area contributed by atoms with Gasteiger partial charge in [-0.3, -0.25) is 4.98 Å². The molecule has 80 valence electrons. The number of H-pyrrole nitrogens is 1. The molecule has 1 aromatic heterocycles. The highest BCUT2D eigenvalue weighted by Gasteiger charge is 2.05. The maximum Gasteiger partial charge on any atom is 0.417 e. The average Bonchev–Trinajstić information content (AvgIpc) is 2.53. The van der Waals surface area contributed by atoms with E-state index in [0.717, 1.165) is 0 Å². The van der Waals surface area contributed by atoms with Crippen LogP contribution in [0.15, 0.2) is 21.3 Å². The number of rotatable bonds is 3. The van der Waals surface area contributed by atoms with Crippen molar-refractivity contribution in [1.29, 1.82) is 0 Å². The Labute approximate surface area is 84.7 Å². The van der Waals surface area contributed by atoms with Crippen molar-refractivity contribution >= 4 is 22.5 Å². The number of hydrogen-bond acceptors (Lipinski definition) is 5. The minimum Gasteiger partial charge on any atom is -0.408 e. The number of aliphatic hydroxyl groups is 1. The van der Waals surface area contributed by atoms with Crippen molar-refractivity contribution in [3.05, 3.63) is 22.7 Å². The summed E-state index contributed by atoms with van der Waals surface area (Å²) < 4.78 is 4.84. The first-order valence-corrected chi connectivity index (χ1v) is 4.48. The molecule has 0 fully saturated rings. The van der Waals surface area contributed by atoms with Crippen molar-refractivity contribution in [2.24, 2.45) is 0 Å². The number of fused-ring (bicyclic) bond motifs is 1. The third kappa shape index (κ3) is 1.79. The first kappa shape index (κ1) is 9.60. The summed E-state index contributed by atoms with van der Waals surface area (Å²) >= 11 is 0. The zero-order valence-electron chi connectivity index (χ0n) is 7.91. The molecule has 0 saturated carbocycles. The number of benzene rings is 1. The molecule has 6 heteroatoms. The normalized spacial score (nSPS) is 10.7. The molecular formula is C9H11N3O3. The Bertz CT molecular complexity index is 529. The van der Waals surface area contributed by atoms with Gasteiger partial charge in [0, 0.05) is 12.6 Å². The van der Waals surface area contributed by atoms with Crippen molar-refractivity contribution < 1.29 is 9.52 Å². The molecule has 2 rings (SSSR count). The second-order valence-electron chi connectivity index (χ2n) is 3.10. The molecular weight excluding hydrogens is 198 g/mol. The van der Waals surface area contributed by atoms with E-state index in [-0.39, 0.29) is 6.61 Å². The number of nitrogen functional groups attached to an aromatic ring is 1. The smallest absolute Gasteiger partial charge is 0.408 e. The summed E-state index contributed by atoms with van der Waals surface area (Å²) in [6.07, 6.45) is 0. The Kier molecular flexibility index (Phi) is 2.34. The van der Waals surface area contributed by atoms with Gasteiger partial charge >= 0.3 is 5.76 Å². The number of anilines is 2. The average molecular weight is 209 g/mol. The van der Waals surface area contributed by atoms with E-state index < -0.39 is 5.76 Å². The number of aromatic nitrogens is 1. The van der Waals surface area contributed by atoms with Gasteiger partial charge in [-0.05, 0) is 6.07 Å².